The number of nitrogen functional groups attached to an aromatic ring is 1. The van der Waals surface area contributed by atoms with Crippen LogP contribution in [-0.2, 0) is 39.5 Å². The molecular formula is C37H34N6O12S2. The highest BCUT2D eigenvalue weighted by molar-refractivity contribution is 7.86. The minimum absolute atomic E-state index is 0.0185. The standard InChI is InChI=1S/C37H34N6O12S2/c1-42(18-6-2-3-9-32(46)55-43-30(44)16-17-31(43)45)23-13-10-21(11-14-23)40-41-22-12-15-26(28(19-22)56(49,50)51)39-27-20-29(57(52,53)54)35(38)34-33(27)36(47)24-7-4-5-8-25(24)37(34)48/h4-5,7-8,10-15,19-20,39H,2-3,6,9,16-18,38H2,1H3,(H,49,50,51)(H,52,53,54)/b41-40+. The number of azo groups is 1. The van der Waals surface area contributed by atoms with Crippen molar-refractivity contribution in [1.82, 2.24) is 5.06 Å². The third-order valence-corrected chi connectivity index (χ3v) is 10.9. The molecule has 6 rings (SSSR count). The Labute approximate surface area is 325 Å². The highest BCUT2D eigenvalue weighted by Crippen LogP contribution is 2.41. The molecule has 0 aromatic heterocycles. The maximum atomic E-state index is 13.7. The van der Waals surface area contributed by atoms with E-state index >= 15 is 0 Å². The summed E-state index contributed by atoms with van der Waals surface area (Å²) in [6.45, 7) is 0.645. The Morgan fingerprint density at radius 1 is 0.772 bits per heavy atom. The van der Waals surface area contributed by atoms with Gasteiger partial charge < -0.3 is 20.8 Å². The number of anilines is 4. The van der Waals surface area contributed by atoms with Gasteiger partial charge in [-0.05, 0) is 61.4 Å². The first-order valence-electron chi connectivity index (χ1n) is 17.2. The van der Waals surface area contributed by atoms with Crippen LogP contribution < -0.4 is 16.0 Å². The normalized spacial score (nSPS) is 14.2. The van der Waals surface area contributed by atoms with E-state index in [0.29, 0.717) is 30.1 Å². The smallest absolute Gasteiger partial charge is 0.333 e. The van der Waals surface area contributed by atoms with E-state index < -0.39 is 70.6 Å². The Kier molecular flexibility index (Phi) is 11.3. The summed E-state index contributed by atoms with van der Waals surface area (Å²) in [5.41, 5.74) is 4.86. The lowest BCUT2D eigenvalue weighted by molar-refractivity contribution is -0.197. The van der Waals surface area contributed by atoms with Gasteiger partial charge in [-0.25, -0.2) is 4.79 Å². The third kappa shape index (κ3) is 8.73. The first kappa shape index (κ1) is 40.3. The van der Waals surface area contributed by atoms with Crippen molar-refractivity contribution in [2.24, 2.45) is 10.2 Å². The van der Waals surface area contributed by atoms with E-state index in [-0.39, 0.29) is 53.0 Å². The van der Waals surface area contributed by atoms with Crippen molar-refractivity contribution in [3.8, 4) is 0 Å². The van der Waals surface area contributed by atoms with Gasteiger partial charge in [-0.2, -0.15) is 27.1 Å². The molecule has 0 radical (unpaired) electrons. The summed E-state index contributed by atoms with van der Waals surface area (Å²) < 4.78 is 69.8. The molecule has 1 saturated heterocycles. The largest absolute Gasteiger partial charge is 0.397 e. The molecule has 57 heavy (non-hydrogen) atoms. The molecule has 4 aromatic rings. The fourth-order valence-corrected chi connectivity index (χ4v) is 7.57. The molecule has 1 heterocycles. The van der Waals surface area contributed by atoms with Crippen LogP contribution in [0.25, 0.3) is 0 Å². The summed E-state index contributed by atoms with van der Waals surface area (Å²) in [5.74, 6) is -3.24. The number of nitrogens with one attached hydrogen (secondary N) is 1. The second kappa shape index (κ2) is 16.0. The van der Waals surface area contributed by atoms with E-state index in [1.54, 1.807) is 24.3 Å². The predicted octanol–water partition coefficient (Wildman–Crippen LogP) is 5.30. The van der Waals surface area contributed by atoms with Crippen LogP contribution in [0.15, 0.2) is 92.8 Å². The van der Waals surface area contributed by atoms with Crippen LogP contribution in [0.5, 0.6) is 0 Å². The highest BCUT2D eigenvalue weighted by Gasteiger charge is 2.37. The third-order valence-electron chi connectivity index (χ3n) is 9.14. The summed E-state index contributed by atoms with van der Waals surface area (Å²) >= 11 is 0. The number of hydroxylamine groups is 2. The van der Waals surface area contributed by atoms with Crippen molar-refractivity contribution >= 4 is 83.7 Å². The molecule has 0 atom stereocenters. The number of ketones is 2. The summed E-state index contributed by atoms with van der Waals surface area (Å²) in [4.78, 5) is 67.5. The molecule has 0 unspecified atom stereocenters. The highest BCUT2D eigenvalue weighted by atomic mass is 32.2. The van der Waals surface area contributed by atoms with E-state index in [9.17, 15) is 49.9 Å². The lowest BCUT2D eigenvalue weighted by Crippen LogP contribution is -2.31. The predicted molar refractivity (Wildman–Crippen MR) is 203 cm³/mol. The van der Waals surface area contributed by atoms with Crippen molar-refractivity contribution in [3.05, 3.63) is 95.1 Å². The molecule has 18 nitrogen and oxygen atoms in total. The Hall–Kier alpha value is -6.35. The Morgan fingerprint density at radius 2 is 1.35 bits per heavy atom. The number of benzene rings is 4. The molecule has 1 aliphatic heterocycles. The Morgan fingerprint density at radius 3 is 1.96 bits per heavy atom. The van der Waals surface area contributed by atoms with Crippen LogP contribution >= 0.6 is 0 Å². The number of hydrogen-bond donors (Lipinski definition) is 4. The minimum Gasteiger partial charge on any atom is -0.397 e. The average molecular weight is 819 g/mol. The van der Waals surface area contributed by atoms with Gasteiger partial charge >= 0.3 is 5.97 Å². The zero-order chi connectivity index (χ0) is 41.2. The summed E-state index contributed by atoms with van der Waals surface area (Å²) in [5, 5.41) is 11.4. The molecule has 4 aromatic carbocycles. The Balaban J connectivity index is 1.14. The first-order chi connectivity index (χ1) is 26.9. The maximum absolute atomic E-state index is 13.7. The second-order valence-corrected chi connectivity index (χ2v) is 15.8. The molecule has 0 spiro atoms. The van der Waals surface area contributed by atoms with E-state index in [4.69, 9.17) is 10.6 Å². The zero-order valence-corrected chi connectivity index (χ0v) is 31.7. The number of carbonyl (C=O) groups excluding carboxylic acids is 5. The van der Waals surface area contributed by atoms with Crippen LogP contribution in [0.1, 0.15) is 70.4 Å². The molecule has 1 fully saturated rings. The van der Waals surface area contributed by atoms with E-state index in [1.165, 1.54) is 36.4 Å². The van der Waals surface area contributed by atoms with Crippen LogP contribution in [0.2, 0.25) is 0 Å². The van der Waals surface area contributed by atoms with Crippen molar-refractivity contribution in [2.75, 3.05) is 29.5 Å². The van der Waals surface area contributed by atoms with Crippen molar-refractivity contribution in [2.45, 2.75) is 48.3 Å². The molecule has 0 saturated carbocycles. The zero-order valence-electron chi connectivity index (χ0n) is 30.0. The lowest BCUT2D eigenvalue weighted by atomic mass is 9.82. The summed E-state index contributed by atoms with van der Waals surface area (Å²) in [7, 11) is -8.19. The molecule has 20 heteroatoms. The van der Waals surface area contributed by atoms with E-state index in [0.717, 1.165) is 24.2 Å². The van der Waals surface area contributed by atoms with Gasteiger partial charge in [0.1, 0.15) is 9.79 Å². The monoisotopic (exact) mass is 818 g/mol. The van der Waals surface area contributed by atoms with Crippen molar-refractivity contribution in [1.29, 1.82) is 0 Å². The molecule has 0 bridgehead atoms. The number of nitrogens with two attached hydrogens (primary N) is 1. The topological polar surface area (TPSA) is 273 Å². The average Bonchev–Trinajstić information content (AvgIpc) is 3.48. The van der Waals surface area contributed by atoms with Crippen LogP contribution in [0, 0.1) is 0 Å². The van der Waals surface area contributed by atoms with E-state index in [2.05, 4.69) is 15.5 Å². The molecule has 2 aliphatic rings. The number of amides is 2. The van der Waals surface area contributed by atoms with Gasteiger partial charge in [-0.15, -0.1) is 5.06 Å². The second-order valence-electron chi connectivity index (χ2n) is 13.0. The fraction of sp³-hybridized carbons (Fsp3) is 0.216. The number of fused-ring (bicyclic) bond motifs is 2. The SMILES string of the molecule is CN(CCCCCC(=O)ON1C(=O)CCC1=O)c1ccc(/N=N/c2ccc(Nc3cc(S(=O)(=O)O)c(N)c4c3C(=O)c3ccccc3C4=O)c(S(=O)(=O)O)c2)cc1. The number of hydrogen-bond acceptors (Lipinski definition) is 15. The van der Waals surface area contributed by atoms with Crippen LogP contribution in [0.3, 0.4) is 0 Å². The molecule has 5 N–H and O–H groups in total. The van der Waals surface area contributed by atoms with Gasteiger partial charge in [0.05, 0.1) is 39.6 Å². The number of nitrogens with zero attached hydrogens (tertiary/aromatic N) is 4. The van der Waals surface area contributed by atoms with Gasteiger partial charge in [-0.3, -0.25) is 28.3 Å². The Bertz CT molecular complexity index is 2580. The minimum atomic E-state index is -5.06. The number of imide groups is 1. The van der Waals surface area contributed by atoms with Gasteiger partial charge in [0.15, 0.2) is 11.6 Å². The molecule has 1 aliphatic carbocycles. The number of unbranched alkanes of at least 4 members (excludes halogenated alkanes) is 2. The van der Waals surface area contributed by atoms with Crippen molar-refractivity contribution < 1.29 is 54.8 Å². The van der Waals surface area contributed by atoms with Crippen molar-refractivity contribution in [3.63, 3.8) is 0 Å². The number of rotatable bonds is 14. The summed E-state index contributed by atoms with van der Waals surface area (Å²) in [6, 6.07) is 16.9. The van der Waals surface area contributed by atoms with Gasteiger partial charge in [-0.1, -0.05) is 30.7 Å². The fourth-order valence-electron chi connectivity index (χ4n) is 6.26. The van der Waals surface area contributed by atoms with E-state index in [1.807, 2.05) is 11.9 Å². The van der Waals surface area contributed by atoms with Gasteiger partial charge in [0.2, 0.25) is 0 Å². The lowest BCUT2D eigenvalue weighted by Gasteiger charge is -2.24. The van der Waals surface area contributed by atoms with Gasteiger partial charge in [0, 0.05) is 49.7 Å². The molecule has 296 valence electrons. The van der Waals surface area contributed by atoms with Crippen LogP contribution in [-0.4, -0.2) is 73.9 Å². The molecule has 2 amide bonds. The maximum Gasteiger partial charge on any atom is 0.333 e. The van der Waals surface area contributed by atoms with Crippen LogP contribution in [0.4, 0.5) is 34.1 Å². The number of carbonyl (C=O) groups is 5. The first-order valence-corrected chi connectivity index (χ1v) is 20.1. The summed E-state index contributed by atoms with van der Waals surface area (Å²) in [6.07, 6.45) is 2.05. The van der Waals surface area contributed by atoms with Gasteiger partial charge in [0.25, 0.3) is 32.1 Å². The molecular weight excluding hydrogens is 785 g/mol. The quantitative estimate of drug-likeness (QED) is 0.0364.